The number of carbonyl (C=O) groups is 1. The molecule has 0 spiro atoms. The number of thiophene rings is 1. The van der Waals surface area contributed by atoms with Gasteiger partial charge in [0.1, 0.15) is 0 Å². The Morgan fingerprint density at radius 1 is 1.50 bits per heavy atom. The highest BCUT2D eigenvalue weighted by atomic mass is 32.2. The molecule has 2 heterocycles. The largest absolute Gasteiger partial charge is 0.396 e. The Bertz CT molecular complexity index is 423. The van der Waals surface area contributed by atoms with Crippen molar-refractivity contribution in [2.75, 3.05) is 37.7 Å². The molecular weight excluding hydrogens is 292 g/mol. The van der Waals surface area contributed by atoms with Crippen molar-refractivity contribution in [3.8, 4) is 0 Å². The van der Waals surface area contributed by atoms with E-state index in [1.165, 1.54) is 10.4 Å². The fourth-order valence-electron chi connectivity index (χ4n) is 2.18. The summed E-state index contributed by atoms with van der Waals surface area (Å²) >= 11 is 3.61. The average Bonchev–Trinajstić information content (AvgIpc) is 2.93. The van der Waals surface area contributed by atoms with Crippen LogP contribution in [-0.2, 0) is 17.8 Å². The summed E-state index contributed by atoms with van der Waals surface area (Å²) in [5.74, 6) is 2.17. The van der Waals surface area contributed by atoms with Gasteiger partial charge in [0.05, 0.1) is 6.54 Å². The number of nitrogens with one attached hydrogen (secondary N) is 1. The van der Waals surface area contributed by atoms with E-state index in [1.54, 1.807) is 11.3 Å². The summed E-state index contributed by atoms with van der Waals surface area (Å²) in [7, 11) is 0. The number of nitrogens with zero attached hydrogens (tertiary/aromatic N) is 1. The van der Waals surface area contributed by atoms with Gasteiger partial charge in [-0.3, -0.25) is 4.79 Å². The Labute approximate surface area is 128 Å². The number of aliphatic hydroxyl groups excluding tert-OH is 1. The molecule has 0 atom stereocenters. The Morgan fingerprint density at radius 2 is 2.40 bits per heavy atom. The molecule has 0 saturated heterocycles. The van der Waals surface area contributed by atoms with Gasteiger partial charge in [-0.05, 0) is 35.6 Å². The van der Waals surface area contributed by atoms with Crippen LogP contribution in [0, 0.1) is 0 Å². The first-order chi connectivity index (χ1) is 9.81. The van der Waals surface area contributed by atoms with E-state index in [0.717, 1.165) is 44.0 Å². The zero-order valence-corrected chi connectivity index (χ0v) is 13.3. The molecule has 0 radical (unpaired) electrons. The van der Waals surface area contributed by atoms with Crippen LogP contribution in [0.4, 0.5) is 0 Å². The monoisotopic (exact) mass is 314 g/mol. The molecule has 20 heavy (non-hydrogen) atoms. The van der Waals surface area contributed by atoms with Gasteiger partial charge in [0, 0.05) is 36.9 Å². The lowest BCUT2D eigenvalue weighted by atomic mass is 10.1. The van der Waals surface area contributed by atoms with E-state index in [1.807, 2.05) is 16.7 Å². The second kappa shape index (κ2) is 8.67. The Morgan fingerprint density at radius 3 is 3.25 bits per heavy atom. The van der Waals surface area contributed by atoms with Gasteiger partial charge in [0.25, 0.3) is 0 Å². The second-order valence-electron chi connectivity index (χ2n) is 4.80. The van der Waals surface area contributed by atoms with Crippen LogP contribution in [0.25, 0.3) is 0 Å². The molecule has 1 aliphatic heterocycles. The molecular formula is C14H22N2O2S2. The Kier molecular flexibility index (Phi) is 6.86. The Hall–Kier alpha value is -0.560. The minimum atomic E-state index is 0.196. The van der Waals surface area contributed by atoms with Gasteiger partial charge >= 0.3 is 0 Å². The molecule has 4 nitrogen and oxygen atoms in total. The molecule has 0 bridgehead atoms. The summed E-state index contributed by atoms with van der Waals surface area (Å²) < 4.78 is 0. The fourth-order valence-corrected chi connectivity index (χ4v) is 3.90. The molecule has 2 rings (SSSR count). The van der Waals surface area contributed by atoms with Gasteiger partial charge in [0.15, 0.2) is 0 Å². The molecule has 1 amide bonds. The fraction of sp³-hybridized carbons (Fsp3) is 0.643. The van der Waals surface area contributed by atoms with E-state index in [-0.39, 0.29) is 12.5 Å². The predicted octanol–water partition coefficient (Wildman–Crippen LogP) is 1.34. The first-order valence-electron chi connectivity index (χ1n) is 7.03. The molecule has 0 aliphatic carbocycles. The summed E-state index contributed by atoms with van der Waals surface area (Å²) in [5, 5.41) is 14.0. The van der Waals surface area contributed by atoms with Gasteiger partial charge in [0.2, 0.25) is 5.91 Å². The van der Waals surface area contributed by atoms with Crippen molar-refractivity contribution >= 4 is 29.0 Å². The lowest BCUT2D eigenvalue weighted by molar-refractivity contribution is -0.131. The van der Waals surface area contributed by atoms with Gasteiger partial charge in [-0.25, -0.2) is 0 Å². The minimum absolute atomic E-state index is 0.196. The topological polar surface area (TPSA) is 52.6 Å². The van der Waals surface area contributed by atoms with Crippen molar-refractivity contribution in [2.24, 2.45) is 0 Å². The second-order valence-corrected chi connectivity index (χ2v) is 7.03. The van der Waals surface area contributed by atoms with Crippen molar-refractivity contribution in [1.82, 2.24) is 10.2 Å². The molecule has 1 aromatic heterocycles. The number of rotatable bonds is 8. The number of hydrogen-bond acceptors (Lipinski definition) is 5. The molecule has 6 heteroatoms. The third kappa shape index (κ3) is 4.77. The molecule has 0 saturated carbocycles. The van der Waals surface area contributed by atoms with Crippen molar-refractivity contribution in [3.63, 3.8) is 0 Å². The number of aliphatic hydroxyl groups is 1. The molecule has 1 aliphatic rings. The molecule has 0 unspecified atom stereocenters. The number of fused-ring (bicyclic) bond motifs is 1. The number of amides is 1. The lowest BCUT2D eigenvalue weighted by Crippen LogP contribution is -2.41. The van der Waals surface area contributed by atoms with Gasteiger partial charge in [-0.2, -0.15) is 11.8 Å². The van der Waals surface area contributed by atoms with Crippen LogP contribution >= 0.6 is 23.1 Å². The van der Waals surface area contributed by atoms with E-state index < -0.39 is 0 Å². The van der Waals surface area contributed by atoms with E-state index in [2.05, 4.69) is 16.8 Å². The van der Waals surface area contributed by atoms with Crippen LogP contribution < -0.4 is 5.32 Å². The van der Waals surface area contributed by atoms with E-state index in [4.69, 9.17) is 5.11 Å². The van der Waals surface area contributed by atoms with Gasteiger partial charge in [-0.15, -0.1) is 11.3 Å². The van der Waals surface area contributed by atoms with Crippen molar-refractivity contribution < 1.29 is 9.90 Å². The van der Waals surface area contributed by atoms with Crippen LogP contribution in [0.1, 0.15) is 16.9 Å². The Balaban J connectivity index is 1.59. The van der Waals surface area contributed by atoms with Crippen LogP contribution in [0.15, 0.2) is 11.4 Å². The smallest absolute Gasteiger partial charge is 0.236 e. The maximum Gasteiger partial charge on any atom is 0.236 e. The van der Waals surface area contributed by atoms with Crippen molar-refractivity contribution in [3.05, 3.63) is 21.9 Å². The van der Waals surface area contributed by atoms with Crippen LogP contribution in [0.3, 0.4) is 0 Å². The maximum atomic E-state index is 12.1. The van der Waals surface area contributed by atoms with E-state index in [0.29, 0.717) is 6.54 Å². The number of hydrogen-bond donors (Lipinski definition) is 2. The minimum Gasteiger partial charge on any atom is -0.396 e. The lowest BCUT2D eigenvalue weighted by Gasteiger charge is -2.27. The summed E-state index contributed by atoms with van der Waals surface area (Å²) in [4.78, 5) is 15.5. The van der Waals surface area contributed by atoms with Crippen LogP contribution in [0.5, 0.6) is 0 Å². The highest BCUT2D eigenvalue weighted by Gasteiger charge is 2.20. The SMILES string of the molecule is O=C(CNCCSCCCO)N1CCc2sccc2C1. The summed E-state index contributed by atoms with van der Waals surface area (Å²) in [6.07, 6.45) is 1.84. The first kappa shape index (κ1) is 15.8. The quantitative estimate of drug-likeness (QED) is 0.711. The van der Waals surface area contributed by atoms with E-state index in [9.17, 15) is 4.79 Å². The standard InChI is InChI=1S/C14H22N2O2S2/c17-6-1-7-19-9-4-15-10-14(18)16-5-2-13-12(11-16)3-8-20-13/h3,8,15,17H,1-2,4-7,9-11H2. The molecule has 0 aromatic carbocycles. The summed E-state index contributed by atoms with van der Waals surface area (Å²) in [6.45, 7) is 3.15. The summed E-state index contributed by atoms with van der Waals surface area (Å²) in [5.41, 5.74) is 1.31. The maximum absolute atomic E-state index is 12.1. The predicted molar refractivity (Wildman–Crippen MR) is 85.3 cm³/mol. The first-order valence-corrected chi connectivity index (χ1v) is 9.07. The highest BCUT2D eigenvalue weighted by molar-refractivity contribution is 7.99. The zero-order chi connectivity index (χ0) is 14.2. The normalized spacial score (nSPS) is 14.3. The van der Waals surface area contributed by atoms with Crippen LogP contribution in [-0.4, -0.2) is 53.7 Å². The third-order valence-electron chi connectivity index (χ3n) is 3.31. The van der Waals surface area contributed by atoms with Crippen molar-refractivity contribution in [1.29, 1.82) is 0 Å². The number of thioether (sulfide) groups is 1. The third-order valence-corrected chi connectivity index (χ3v) is 5.40. The molecule has 2 N–H and O–H groups in total. The van der Waals surface area contributed by atoms with Crippen LogP contribution in [0.2, 0.25) is 0 Å². The van der Waals surface area contributed by atoms with E-state index >= 15 is 0 Å². The molecule has 1 aromatic rings. The molecule has 112 valence electrons. The average molecular weight is 314 g/mol. The summed E-state index contributed by atoms with van der Waals surface area (Å²) in [6, 6.07) is 2.13. The van der Waals surface area contributed by atoms with Crippen molar-refractivity contribution in [2.45, 2.75) is 19.4 Å². The highest BCUT2D eigenvalue weighted by Crippen LogP contribution is 2.23. The number of carbonyl (C=O) groups excluding carboxylic acids is 1. The van der Waals surface area contributed by atoms with Gasteiger partial charge in [-0.1, -0.05) is 0 Å². The van der Waals surface area contributed by atoms with Gasteiger partial charge < -0.3 is 15.3 Å². The zero-order valence-electron chi connectivity index (χ0n) is 11.6. The molecule has 0 fully saturated rings.